The third kappa shape index (κ3) is 4.11. The first kappa shape index (κ1) is 16.1. The zero-order valence-electron chi connectivity index (χ0n) is 11.7. The smallest absolute Gasteiger partial charge is 0.143 e. The van der Waals surface area contributed by atoms with Crippen molar-refractivity contribution in [2.75, 3.05) is 0 Å². The number of rotatable bonds is 5. The molecular formula is C17H17BrF2O. The fourth-order valence-corrected chi connectivity index (χ4v) is 2.68. The van der Waals surface area contributed by atoms with Crippen molar-refractivity contribution in [2.24, 2.45) is 0 Å². The van der Waals surface area contributed by atoms with Crippen molar-refractivity contribution in [2.45, 2.75) is 32.3 Å². The van der Waals surface area contributed by atoms with Crippen molar-refractivity contribution in [3.8, 4) is 0 Å². The molecule has 0 heterocycles. The SMILES string of the molecule is Cc1ccccc1CCC(O)Cc1c(F)ccc(Br)c1F. The molecule has 112 valence electrons. The summed E-state index contributed by atoms with van der Waals surface area (Å²) in [6.07, 6.45) is 0.354. The van der Waals surface area contributed by atoms with E-state index < -0.39 is 17.7 Å². The molecule has 2 aromatic carbocycles. The van der Waals surface area contributed by atoms with Crippen LogP contribution in [0.2, 0.25) is 0 Å². The van der Waals surface area contributed by atoms with E-state index in [2.05, 4.69) is 15.9 Å². The highest BCUT2D eigenvalue weighted by Crippen LogP contribution is 2.23. The number of benzene rings is 2. The molecule has 0 bridgehead atoms. The second-order valence-corrected chi connectivity index (χ2v) is 6.00. The minimum atomic E-state index is -0.775. The zero-order chi connectivity index (χ0) is 15.4. The van der Waals surface area contributed by atoms with Crippen LogP contribution in [-0.2, 0) is 12.8 Å². The molecule has 0 aliphatic rings. The van der Waals surface area contributed by atoms with Crippen LogP contribution in [0.5, 0.6) is 0 Å². The molecule has 0 saturated heterocycles. The third-order valence-electron chi connectivity index (χ3n) is 3.59. The van der Waals surface area contributed by atoms with Crippen molar-refractivity contribution in [3.05, 3.63) is 69.2 Å². The maximum absolute atomic E-state index is 13.9. The predicted molar refractivity (Wildman–Crippen MR) is 83.3 cm³/mol. The highest BCUT2D eigenvalue weighted by Gasteiger charge is 2.16. The summed E-state index contributed by atoms with van der Waals surface area (Å²) >= 11 is 3.03. The lowest BCUT2D eigenvalue weighted by atomic mass is 9.98. The van der Waals surface area contributed by atoms with Gasteiger partial charge in [0, 0.05) is 12.0 Å². The van der Waals surface area contributed by atoms with E-state index in [1.807, 2.05) is 31.2 Å². The van der Waals surface area contributed by atoms with E-state index in [0.717, 1.165) is 11.1 Å². The van der Waals surface area contributed by atoms with Crippen molar-refractivity contribution < 1.29 is 13.9 Å². The molecule has 0 aliphatic heterocycles. The maximum Gasteiger partial charge on any atom is 0.143 e. The Morgan fingerprint density at radius 3 is 2.57 bits per heavy atom. The first-order valence-electron chi connectivity index (χ1n) is 6.84. The number of aliphatic hydroxyl groups excluding tert-OH is 1. The van der Waals surface area contributed by atoms with Gasteiger partial charge in [-0.3, -0.25) is 0 Å². The highest BCUT2D eigenvalue weighted by atomic mass is 79.9. The largest absolute Gasteiger partial charge is 0.393 e. The molecule has 2 aromatic rings. The molecule has 2 rings (SSSR count). The molecule has 0 saturated carbocycles. The summed E-state index contributed by atoms with van der Waals surface area (Å²) in [5.41, 5.74) is 2.23. The average Bonchev–Trinajstić information content (AvgIpc) is 2.47. The van der Waals surface area contributed by atoms with E-state index in [1.165, 1.54) is 12.1 Å². The highest BCUT2D eigenvalue weighted by molar-refractivity contribution is 9.10. The minimum absolute atomic E-state index is 0.0248. The Morgan fingerprint density at radius 2 is 1.86 bits per heavy atom. The Morgan fingerprint density at radius 1 is 1.14 bits per heavy atom. The van der Waals surface area contributed by atoms with Crippen LogP contribution in [-0.4, -0.2) is 11.2 Å². The van der Waals surface area contributed by atoms with Crippen LogP contribution in [0.15, 0.2) is 40.9 Å². The molecule has 0 aromatic heterocycles. The van der Waals surface area contributed by atoms with Crippen molar-refractivity contribution >= 4 is 15.9 Å². The molecule has 1 atom stereocenters. The molecule has 21 heavy (non-hydrogen) atoms. The molecule has 1 N–H and O–H groups in total. The zero-order valence-corrected chi connectivity index (χ0v) is 13.3. The lowest BCUT2D eigenvalue weighted by molar-refractivity contribution is 0.162. The molecule has 0 spiro atoms. The van der Waals surface area contributed by atoms with E-state index in [9.17, 15) is 13.9 Å². The van der Waals surface area contributed by atoms with Gasteiger partial charge in [0.25, 0.3) is 0 Å². The molecule has 4 heteroatoms. The summed E-state index contributed by atoms with van der Waals surface area (Å²) < 4.78 is 27.7. The number of hydrogen-bond donors (Lipinski definition) is 1. The molecular weight excluding hydrogens is 338 g/mol. The predicted octanol–water partition coefficient (Wildman–Crippen LogP) is 4.57. The average molecular weight is 355 g/mol. The Kier molecular flexibility index (Phi) is 5.48. The summed E-state index contributed by atoms with van der Waals surface area (Å²) in [6.45, 7) is 2.01. The second kappa shape index (κ2) is 7.14. The van der Waals surface area contributed by atoms with Gasteiger partial charge >= 0.3 is 0 Å². The lowest BCUT2D eigenvalue weighted by Crippen LogP contribution is -2.14. The summed E-state index contributed by atoms with van der Waals surface area (Å²) in [4.78, 5) is 0. The van der Waals surface area contributed by atoms with Crippen molar-refractivity contribution in [1.29, 1.82) is 0 Å². The van der Waals surface area contributed by atoms with Crippen molar-refractivity contribution in [3.63, 3.8) is 0 Å². The van der Waals surface area contributed by atoms with Gasteiger partial charge in [-0.25, -0.2) is 8.78 Å². The monoisotopic (exact) mass is 354 g/mol. The van der Waals surface area contributed by atoms with Gasteiger partial charge in [0.05, 0.1) is 10.6 Å². The Labute approximate surface area is 131 Å². The van der Waals surface area contributed by atoms with Crippen LogP contribution >= 0.6 is 15.9 Å². The molecule has 1 nitrogen and oxygen atoms in total. The third-order valence-corrected chi connectivity index (χ3v) is 4.20. The van der Waals surface area contributed by atoms with Gasteiger partial charge in [0.15, 0.2) is 0 Å². The van der Waals surface area contributed by atoms with E-state index in [4.69, 9.17) is 0 Å². The standard InChI is InChI=1S/C17H17BrF2O/c1-11-4-2-3-5-12(11)6-7-13(21)10-14-16(19)9-8-15(18)17(14)20/h2-5,8-9,13,21H,6-7,10H2,1H3. The van der Waals surface area contributed by atoms with Gasteiger partial charge in [0.1, 0.15) is 11.6 Å². The molecule has 1 unspecified atom stereocenters. The normalized spacial score (nSPS) is 12.4. The molecule has 0 radical (unpaired) electrons. The van der Waals surface area contributed by atoms with Gasteiger partial charge in [0.2, 0.25) is 0 Å². The Balaban J connectivity index is 2.01. The molecule has 0 fully saturated rings. The number of aliphatic hydroxyl groups is 1. The second-order valence-electron chi connectivity index (χ2n) is 5.14. The van der Waals surface area contributed by atoms with Crippen LogP contribution in [0, 0.1) is 18.6 Å². The quantitative estimate of drug-likeness (QED) is 0.779. The summed E-state index contributed by atoms with van der Waals surface area (Å²) in [5.74, 6) is -1.25. The first-order valence-corrected chi connectivity index (χ1v) is 7.63. The van der Waals surface area contributed by atoms with E-state index >= 15 is 0 Å². The lowest BCUT2D eigenvalue weighted by Gasteiger charge is -2.13. The molecule has 0 amide bonds. The van der Waals surface area contributed by atoms with E-state index in [0.29, 0.717) is 12.8 Å². The van der Waals surface area contributed by atoms with Gasteiger partial charge in [-0.05, 0) is 59.0 Å². The first-order chi connectivity index (χ1) is 9.99. The fraction of sp³-hybridized carbons (Fsp3) is 0.294. The van der Waals surface area contributed by atoms with Crippen molar-refractivity contribution in [1.82, 2.24) is 0 Å². The van der Waals surface area contributed by atoms with Crippen LogP contribution in [0.3, 0.4) is 0 Å². The Bertz CT molecular complexity index is 628. The van der Waals surface area contributed by atoms with Gasteiger partial charge in [-0.2, -0.15) is 0 Å². The number of halogens is 3. The summed E-state index contributed by atoms with van der Waals surface area (Å²) in [7, 11) is 0. The number of aryl methyl sites for hydroxylation is 2. The number of hydrogen-bond acceptors (Lipinski definition) is 1. The van der Waals surface area contributed by atoms with E-state index in [-0.39, 0.29) is 16.5 Å². The minimum Gasteiger partial charge on any atom is -0.393 e. The van der Waals surface area contributed by atoms with Gasteiger partial charge < -0.3 is 5.11 Å². The Hall–Kier alpha value is -1.26. The van der Waals surface area contributed by atoms with Crippen LogP contribution in [0.4, 0.5) is 8.78 Å². The van der Waals surface area contributed by atoms with Crippen LogP contribution in [0.25, 0.3) is 0 Å². The summed E-state index contributed by atoms with van der Waals surface area (Å²) in [5, 5.41) is 10.0. The van der Waals surface area contributed by atoms with Crippen LogP contribution in [0.1, 0.15) is 23.1 Å². The van der Waals surface area contributed by atoms with Gasteiger partial charge in [-0.15, -0.1) is 0 Å². The van der Waals surface area contributed by atoms with Crippen LogP contribution < -0.4 is 0 Å². The fourth-order valence-electron chi connectivity index (χ4n) is 2.31. The van der Waals surface area contributed by atoms with Gasteiger partial charge in [-0.1, -0.05) is 24.3 Å². The molecule has 0 aliphatic carbocycles. The van der Waals surface area contributed by atoms with E-state index in [1.54, 1.807) is 0 Å². The maximum atomic E-state index is 13.9. The summed E-state index contributed by atoms with van der Waals surface area (Å²) in [6, 6.07) is 10.5. The topological polar surface area (TPSA) is 20.2 Å².